The molecule has 0 aliphatic rings. The van der Waals surface area contributed by atoms with Crippen molar-refractivity contribution >= 4 is 15.9 Å². The summed E-state index contributed by atoms with van der Waals surface area (Å²) < 4.78 is 1.17. The first kappa shape index (κ1) is 15.7. The largest absolute Gasteiger partial charge is 0.396 e. The lowest BCUT2D eigenvalue weighted by atomic mass is 10.00. The van der Waals surface area contributed by atoms with E-state index in [4.69, 9.17) is 5.11 Å². The van der Waals surface area contributed by atoms with Gasteiger partial charge in [-0.1, -0.05) is 41.4 Å². The summed E-state index contributed by atoms with van der Waals surface area (Å²) in [6, 6.07) is 6.45. The number of aryl methyl sites for hydroxylation is 1. The second kappa shape index (κ2) is 8.68. The van der Waals surface area contributed by atoms with Crippen molar-refractivity contribution in [3.05, 3.63) is 33.8 Å². The number of hydrogen-bond donors (Lipinski definition) is 2. The fourth-order valence-corrected chi connectivity index (χ4v) is 2.78. The molecule has 3 heteroatoms. The van der Waals surface area contributed by atoms with Crippen LogP contribution in [0.5, 0.6) is 0 Å². The van der Waals surface area contributed by atoms with Gasteiger partial charge in [0, 0.05) is 17.6 Å². The Morgan fingerprint density at radius 1 is 1.33 bits per heavy atom. The lowest BCUT2D eigenvalue weighted by molar-refractivity contribution is 0.248. The lowest BCUT2D eigenvalue weighted by Gasteiger charge is -2.16. The Hall–Kier alpha value is -0.380. The predicted octanol–water partition coefficient (Wildman–Crippen LogP) is 3.65. The summed E-state index contributed by atoms with van der Waals surface area (Å²) in [5.41, 5.74) is 2.56. The summed E-state index contributed by atoms with van der Waals surface area (Å²) in [5.74, 6) is 0.587. The van der Waals surface area contributed by atoms with Gasteiger partial charge in [0.15, 0.2) is 0 Å². The maximum atomic E-state index is 9.02. The number of rotatable bonds is 8. The number of aliphatic hydroxyl groups excluding tert-OH is 1. The summed E-state index contributed by atoms with van der Waals surface area (Å²) in [7, 11) is 0. The molecule has 1 rings (SSSR count). The molecular weight excluding hydrogens is 290 g/mol. The molecule has 102 valence electrons. The Labute approximate surface area is 119 Å². The number of nitrogens with one attached hydrogen (secondary N) is 1. The van der Waals surface area contributed by atoms with Crippen LogP contribution in [0.3, 0.4) is 0 Å². The van der Waals surface area contributed by atoms with Gasteiger partial charge >= 0.3 is 0 Å². The lowest BCUT2D eigenvalue weighted by Crippen LogP contribution is -2.23. The number of benzene rings is 1. The van der Waals surface area contributed by atoms with E-state index in [0.717, 1.165) is 19.5 Å². The highest BCUT2D eigenvalue weighted by atomic mass is 79.9. The number of aliphatic hydroxyl groups is 1. The Balaban J connectivity index is 2.39. The zero-order chi connectivity index (χ0) is 13.4. The highest BCUT2D eigenvalue weighted by molar-refractivity contribution is 9.10. The molecule has 0 spiro atoms. The highest BCUT2D eigenvalue weighted by Crippen LogP contribution is 2.18. The third-order valence-electron chi connectivity index (χ3n) is 3.19. The van der Waals surface area contributed by atoms with E-state index >= 15 is 0 Å². The van der Waals surface area contributed by atoms with Crippen molar-refractivity contribution in [1.29, 1.82) is 0 Å². The van der Waals surface area contributed by atoms with E-state index in [1.165, 1.54) is 28.4 Å². The van der Waals surface area contributed by atoms with Crippen LogP contribution >= 0.6 is 15.9 Å². The normalized spacial score (nSPS) is 12.7. The summed E-state index contributed by atoms with van der Waals surface area (Å²) >= 11 is 3.60. The van der Waals surface area contributed by atoms with E-state index in [0.29, 0.717) is 12.5 Å². The van der Waals surface area contributed by atoms with Crippen LogP contribution in [0.25, 0.3) is 0 Å². The SMILES string of the molecule is CCCC(CCO)CNCc1ccc(C)cc1Br. The summed E-state index contributed by atoms with van der Waals surface area (Å²) in [4.78, 5) is 0. The quantitative estimate of drug-likeness (QED) is 0.768. The van der Waals surface area contributed by atoms with Crippen molar-refractivity contribution < 1.29 is 5.11 Å². The van der Waals surface area contributed by atoms with Crippen molar-refractivity contribution in [2.24, 2.45) is 5.92 Å². The van der Waals surface area contributed by atoms with Gasteiger partial charge in [0.2, 0.25) is 0 Å². The van der Waals surface area contributed by atoms with Gasteiger partial charge in [0.25, 0.3) is 0 Å². The minimum Gasteiger partial charge on any atom is -0.396 e. The second-order valence-electron chi connectivity index (χ2n) is 4.89. The standard InChI is InChI=1S/C15H24BrNO/c1-3-4-13(7-8-18)10-17-11-14-6-5-12(2)9-15(14)16/h5-6,9,13,17-18H,3-4,7-8,10-11H2,1-2H3. The van der Waals surface area contributed by atoms with Crippen molar-refractivity contribution in [1.82, 2.24) is 5.32 Å². The zero-order valence-electron chi connectivity index (χ0n) is 11.4. The van der Waals surface area contributed by atoms with Crippen molar-refractivity contribution in [2.75, 3.05) is 13.2 Å². The van der Waals surface area contributed by atoms with Crippen LogP contribution in [0.2, 0.25) is 0 Å². The van der Waals surface area contributed by atoms with Gasteiger partial charge in [0.1, 0.15) is 0 Å². The first-order valence-electron chi connectivity index (χ1n) is 6.74. The van der Waals surface area contributed by atoms with E-state index in [1.54, 1.807) is 0 Å². The topological polar surface area (TPSA) is 32.3 Å². The van der Waals surface area contributed by atoms with Crippen LogP contribution in [-0.4, -0.2) is 18.3 Å². The van der Waals surface area contributed by atoms with Crippen LogP contribution in [0, 0.1) is 12.8 Å². The van der Waals surface area contributed by atoms with Gasteiger partial charge in [-0.3, -0.25) is 0 Å². The Kier molecular flexibility index (Phi) is 7.56. The maximum absolute atomic E-state index is 9.02. The van der Waals surface area contributed by atoms with E-state index in [2.05, 4.69) is 53.3 Å². The average Bonchev–Trinajstić information content (AvgIpc) is 2.32. The smallest absolute Gasteiger partial charge is 0.0434 e. The third kappa shape index (κ3) is 5.51. The molecule has 2 N–H and O–H groups in total. The molecule has 0 fully saturated rings. The number of halogens is 1. The molecule has 0 amide bonds. The van der Waals surface area contributed by atoms with E-state index in [1.807, 2.05) is 0 Å². The molecule has 1 unspecified atom stereocenters. The molecule has 0 saturated heterocycles. The van der Waals surface area contributed by atoms with Gasteiger partial charge in [-0.25, -0.2) is 0 Å². The van der Waals surface area contributed by atoms with Crippen molar-refractivity contribution in [3.63, 3.8) is 0 Å². The van der Waals surface area contributed by atoms with Crippen LogP contribution < -0.4 is 5.32 Å². The van der Waals surface area contributed by atoms with Crippen LogP contribution in [-0.2, 0) is 6.54 Å². The zero-order valence-corrected chi connectivity index (χ0v) is 13.0. The predicted molar refractivity (Wildman–Crippen MR) is 80.7 cm³/mol. The molecule has 0 saturated carbocycles. The van der Waals surface area contributed by atoms with Gasteiger partial charge in [-0.2, -0.15) is 0 Å². The first-order chi connectivity index (χ1) is 8.67. The number of hydrogen-bond acceptors (Lipinski definition) is 2. The summed E-state index contributed by atoms with van der Waals surface area (Å²) in [6.07, 6.45) is 3.26. The maximum Gasteiger partial charge on any atom is 0.0434 e. The summed E-state index contributed by atoms with van der Waals surface area (Å²) in [5, 5.41) is 12.5. The third-order valence-corrected chi connectivity index (χ3v) is 3.93. The molecule has 1 aromatic carbocycles. The van der Waals surface area contributed by atoms with E-state index in [9.17, 15) is 0 Å². The fourth-order valence-electron chi connectivity index (χ4n) is 2.15. The van der Waals surface area contributed by atoms with Crippen molar-refractivity contribution in [3.8, 4) is 0 Å². The van der Waals surface area contributed by atoms with Gasteiger partial charge in [-0.15, -0.1) is 0 Å². The average molecular weight is 314 g/mol. The minimum atomic E-state index is 0.292. The second-order valence-corrected chi connectivity index (χ2v) is 5.75. The van der Waals surface area contributed by atoms with Crippen LogP contribution in [0.4, 0.5) is 0 Å². The molecule has 1 atom stereocenters. The molecule has 0 bridgehead atoms. The monoisotopic (exact) mass is 313 g/mol. The molecule has 0 aliphatic heterocycles. The molecule has 18 heavy (non-hydrogen) atoms. The van der Waals surface area contributed by atoms with E-state index < -0.39 is 0 Å². The van der Waals surface area contributed by atoms with E-state index in [-0.39, 0.29) is 0 Å². The highest BCUT2D eigenvalue weighted by Gasteiger charge is 2.07. The molecule has 1 aromatic rings. The Morgan fingerprint density at radius 2 is 2.11 bits per heavy atom. The fraction of sp³-hybridized carbons (Fsp3) is 0.600. The molecule has 0 aromatic heterocycles. The Morgan fingerprint density at radius 3 is 2.72 bits per heavy atom. The molecule has 2 nitrogen and oxygen atoms in total. The molecule has 0 heterocycles. The van der Waals surface area contributed by atoms with Gasteiger partial charge < -0.3 is 10.4 Å². The Bertz CT molecular complexity index is 348. The molecule has 0 radical (unpaired) electrons. The van der Waals surface area contributed by atoms with Crippen molar-refractivity contribution in [2.45, 2.75) is 39.7 Å². The van der Waals surface area contributed by atoms with Crippen LogP contribution in [0.1, 0.15) is 37.3 Å². The first-order valence-corrected chi connectivity index (χ1v) is 7.53. The minimum absolute atomic E-state index is 0.292. The summed E-state index contributed by atoms with van der Waals surface area (Å²) in [6.45, 7) is 6.45. The van der Waals surface area contributed by atoms with Gasteiger partial charge in [0.05, 0.1) is 0 Å². The van der Waals surface area contributed by atoms with Gasteiger partial charge in [-0.05, 0) is 49.4 Å². The molecular formula is C15H24BrNO. The molecule has 0 aliphatic carbocycles. The van der Waals surface area contributed by atoms with Crippen LogP contribution in [0.15, 0.2) is 22.7 Å².